The molecule has 4 atom stereocenters. The summed E-state index contributed by atoms with van der Waals surface area (Å²) in [5.41, 5.74) is 0.985. The van der Waals surface area contributed by atoms with Gasteiger partial charge < -0.3 is 26.2 Å². The Bertz CT molecular complexity index is 1440. The Morgan fingerprint density at radius 3 is 2.24 bits per heavy atom. The van der Waals surface area contributed by atoms with Gasteiger partial charge in [-0.05, 0) is 71.7 Å². The van der Waals surface area contributed by atoms with Crippen LogP contribution in [-0.2, 0) is 22.6 Å². The van der Waals surface area contributed by atoms with Gasteiger partial charge in [0.2, 0.25) is 5.78 Å². The van der Waals surface area contributed by atoms with Gasteiger partial charge in [-0.25, -0.2) is 4.39 Å². The first-order chi connectivity index (χ1) is 19.1. The van der Waals surface area contributed by atoms with E-state index in [2.05, 4.69) is 34.6 Å². The number of hydrogen-bond donors (Lipinski definition) is 5. The first-order valence-electron chi connectivity index (χ1n) is 14.0. The molecule has 0 aliphatic heterocycles. The molecule has 0 spiro atoms. The molecule has 0 saturated heterocycles. The molecule has 6 N–H and O–H groups in total. The van der Waals surface area contributed by atoms with E-state index in [9.17, 15) is 34.8 Å². The van der Waals surface area contributed by atoms with Crippen LogP contribution in [0.4, 0.5) is 4.39 Å². The number of nitrogens with zero attached hydrogens (tertiary/aromatic N) is 2. The number of nitrogens with two attached hydrogens (primary N) is 1. The van der Waals surface area contributed by atoms with E-state index in [0.717, 1.165) is 6.42 Å². The number of halogens is 1. The van der Waals surface area contributed by atoms with E-state index >= 15 is 4.39 Å². The molecule has 1 aromatic rings. The van der Waals surface area contributed by atoms with Gasteiger partial charge in [0.25, 0.3) is 5.91 Å². The van der Waals surface area contributed by atoms with Crippen LogP contribution in [0.25, 0.3) is 0 Å². The highest BCUT2D eigenvalue weighted by Crippen LogP contribution is 2.52. The Labute approximate surface area is 245 Å². The summed E-state index contributed by atoms with van der Waals surface area (Å²) in [7, 11) is 4.97. The number of allylic oxidation sites excluding steroid dienone is 1. The minimum Gasteiger partial charge on any atom is -0.510 e. The fourth-order valence-electron chi connectivity index (χ4n) is 7.37. The molecule has 230 valence electrons. The topological polar surface area (TPSA) is 165 Å². The van der Waals surface area contributed by atoms with Crippen molar-refractivity contribution in [1.29, 1.82) is 0 Å². The van der Waals surface area contributed by atoms with Crippen molar-refractivity contribution < 1.29 is 39.2 Å². The minimum absolute atomic E-state index is 0.00912. The molecule has 1 amide bonds. The van der Waals surface area contributed by atoms with E-state index < -0.39 is 69.6 Å². The number of aliphatic hydroxyl groups is 3. The van der Waals surface area contributed by atoms with Crippen molar-refractivity contribution in [3.63, 3.8) is 0 Å². The molecular weight excluding hydrogens is 545 g/mol. The van der Waals surface area contributed by atoms with Crippen molar-refractivity contribution in [2.24, 2.45) is 23.0 Å². The number of phenolic OH excluding ortho intramolecular Hbond substituents is 1. The number of fused-ring (bicyclic) bond motifs is 3. The number of likely N-dealkylation sites (N-methyl/N-ethyl adjacent to an activating group) is 1. The number of aliphatic hydroxyl groups excluding tert-OH is 2. The van der Waals surface area contributed by atoms with Gasteiger partial charge in [-0.3, -0.25) is 24.2 Å². The SMILES string of the molecule is CN(C)[C@@H]1C(O)=C(C(N)=O)C(=O)[C@@]2(O)C(O)=C3C(=O)c4c(O)cc(CN(C)C(C)(C)CC(C)(C)C)c(F)c4C[C@H]3C[C@@H]12. The third-order valence-corrected chi connectivity index (χ3v) is 9.13. The number of ketones is 2. The van der Waals surface area contributed by atoms with Gasteiger partial charge >= 0.3 is 0 Å². The molecule has 0 heterocycles. The van der Waals surface area contributed by atoms with E-state index in [4.69, 9.17) is 5.73 Å². The zero-order valence-electron chi connectivity index (χ0n) is 25.5. The van der Waals surface area contributed by atoms with Crippen molar-refractivity contribution >= 4 is 17.5 Å². The molecule has 0 aromatic heterocycles. The molecule has 3 aliphatic carbocycles. The lowest BCUT2D eigenvalue weighted by atomic mass is 9.58. The average Bonchev–Trinajstić information content (AvgIpc) is 2.82. The summed E-state index contributed by atoms with van der Waals surface area (Å²) in [5.74, 6) is -8.28. The maximum absolute atomic E-state index is 16.1. The Morgan fingerprint density at radius 1 is 1.12 bits per heavy atom. The molecule has 42 heavy (non-hydrogen) atoms. The van der Waals surface area contributed by atoms with Crippen LogP contribution in [0.2, 0.25) is 0 Å². The first kappa shape index (κ1) is 31.7. The van der Waals surface area contributed by atoms with Gasteiger partial charge in [-0.2, -0.15) is 0 Å². The fourth-order valence-corrected chi connectivity index (χ4v) is 7.37. The maximum Gasteiger partial charge on any atom is 0.255 e. The number of amides is 1. The van der Waals surface area contributed by atoms with Gasteiger partial charge in [0.05, 0.1) is 11.6 Å². The van der Waals surface area contributed by atoms with E-state index in [0.29, 0.717) is 0 Å². The van der Waals surface area contributed by atoms with E-state index in [1.54, 1.807) is 14.1 Å². The lowest BCUT2D eigenvalue weighted by Crippen LogP contribution is -2.63. The number of primary amides is 1. The third-order valence-electron chi connectivity index (χ3n) is 9.13. The second-order valence-corrected chi connectivity index (χ2v) is 14.1. The quantitative estimate of drug-likeness (QED) is 0.315. The smallest absolute Gasteiger partial charge is 0.255 e. The summed E-state index contributed by atoms with van der Waals surface area (Å²) in [4.78, 5) is 42.7. The molecule has 3 aliphatic rings. The van der Waals surface area contributed by atoms with E-state index in [-0.39, 0.29) is 52.6 Å². The number of Topliss-reactive ketones (excluding diaryl/α,β-unsaturated/α-hetero) is 2. The van der Waals surface area contributed by atoms with Crippen LogP contribution in [0.5, 0.6) is 5.75 Å². The number of aromatic hydroxyl groups is 1. The molecule has 0 unspecified atom stereocenters. The van der Waals surface area contributed by atoms with E-state index in [1.165, 1.54) is 11.0 Å². The summed E-state index contributed by atoms with van der Waals surface area (Å²) in [6.07, 6.45) is 0.615. The van der Waals surface area contributed by atoms with Crippen LogP contribution in [0.15, 0.2) is 28.7 Å². The molecule has 11 heteroatoms. The zero-order chi connectivity index (χ0) is 31.9. The number of hydrogen-bond acceptors (Lipinski definition) is 9. The number of rotatable bonds is 6. The van der Waals surface area contributed by atoms with Crippen LogP contribution < -0.4 is 5.73 Å². The highest BCUT2D eigenvalue weighted by molar-refractivity contribution is 6.24. The molecular formula is C31H42FN3O7. The van der Waals surface area contributed by atoms with Crippen LogP contribution in [0.1, 0.15) is 68.9 Å². The van der Waals surface area contributed by atoms with Gasteiger partial charge in [0.1, 0.15) is 28.7 Å². The maximum atomic E-state index is 16.1. The molecule has 10 nitrogen and oxygen atoms in total. The Kier molecular flexibility index (Phi) is 7.66. The third kappa shape index (κ3) is 4.81. The fraction of sp³-hybridized carbons (Fsp3) is 0.581. The average molecular weight is 588 g/mol. The van der Waals surface area contributed by atoms with E-state index in [1.807, 2.05) is 11.9 Å². The predicted octanol–water partition coefficient (Wildman–Crippen LogP) is 2.91. The molecule has 0 radical (unpaired) electrons. The van der Waals surface area contributed by atoms with Crippen LogP contribution >= 0.6 is 0 Å². The lowest BCUT2D eigenvalue weighted by molar-refractivity contribution is -0.148. The summed E-state index contributed by atoms with van der Waals surface area (Å²) in [6.45, 7) is 10.6. The highest BCUT2D eigenvalue weighted by Gasteiger charge is 2.63. The monoisotopic (exact) mass is 587 g/mol. The van der Waals surface area contributed by atoms with Crippen LogP contribution in [0, 0.1) is 23.1 Å². The largest absolute Gasteiger partial charge is 0.510 e. The Morgan fingerprint density at radius 2 is 1.71 bits per heavy atom. The normalized spacial score (nSPS) is 26.5. The predicted molar refractivity (Wildman–Crippen MR) is 153 cm³/mol. The molecule has 1 aromatic carbocycles. The molecule has 0 fully saturated rings. The number of phenols is 1. The van der Waals surface area contributed by atoms with Gasteiger partial charge in [0, 0.05) is 34.7 Å². The summed E-state index contributed by atoms with van der Waals surface area (Å²) >= 11 is 0. The number of carbonyl (C=O) groups excluding carboxylic acids is 3. The highest BCUT2D eigenvalue weighted by atomic mass is 19.1. The second kappa shape index (κ2) is 10.2. The van der Waals surface area contributed by atoms with Crippen molar-refractivity contribution in [2.45, 2.75) is 77.6 Å². The van der Waals surface area contributed by atoms with Gasteiger partial charge in [-0.15, -0.1) is 0 Å². The zero-order valence-corrected chi connectivity index (χ0v) is 25.5. The van der Waals surface area contributed by atoms with Crippen LogP contribution in [0.3, 0.4) is 0 Å². The minimum atomic E-state index is -2.74. The van der Waals surface area contributed by atoms with Gasteiger partial charge in [0.15, 0.2) is 11.4 Å². The van der Waals surface area contributed by atoms with Crippen molar-refractivity contribution in [3.05, 3.63) is 51.2 Å². The lowest BCUT2D eigenvalue weighted by Gasteiger charge is -2.50. The van der Waals surface area contributed by atoms with Crippen molar-refractivity contribution in [3.8, 4) is 5.75 Å². The first-order valence-corrected chi connectivity index (χ1v) is 14.0. The summed E-state index contributed by atoms with van der Waals surface area (Å²) < 4.78 is 16.1. The van der Waals surface area contributed by atoms with Crippen molar-refractivity contribution in [1.82, 2.24) is 9.80 Å². The summed E-state index contributed by atoms with van der Waals surface area (Å²) in [6, 6.07) is 0.0899. The Balaban J connectivity index is 1.82. The van der Waals surface area contributed by atoms with Crippen molar-refractivity contribution in [2.75, 3.05) is 21.1 Å². The molecule has 0 saturated carbocycles. The second-order valence-electron chi connectivity index (χ2n) is 14.1. The standard InChI is InChI=1S/C31H42FN3O7/c1-29(2,3)13-30(4,5)35(8)12-15-11-18(36)20-16(22(15)32)9-14-10-17-23(34(6)7)25(38)21(28(33)41)27(40)31(17,42)26(39)19(14)24(20)37/h11,14,17,23,36,38-39,42H,9-10,12-13H2,1-8H3,(H2,33,41)/t14-,17-,23-,31-/m0/s1. The molecule has 4 rings (SSSR count). The summed E-state index contributed by atoms with van der Waals surface area (Å²) in [5, 5.41) is 44.9. The molecule has 0 bridgehead atoms. The Hall–Kier alpha value is -3.28. The van der Waals surface area contributed by atoms with Gasteiger partial charge in [-0.1, -0.05) is 20.8 Å². The van der Waals surface area contributed by atoms with Crippen LogP contribution in [-0.4, -0.2) is 86.0 Å². The number of benzene rings is 1. The number of carbonyl (C=O) groups is 3.